The highest BCUT2D eigenvalue weighted by atomic mass is 35.5. The summed E-state index contributed by atoms with van der Waals surface area (Å²) in [6, 6.07) is 11.1. The van der Waals surface area contributed by atoms with Crippen LogP contribution < -0.4 is 0 Å². The summed E-state index contributed by atoms with van der Waals surface area (Å²) in [5.74, 6) is -2.50. The average molecular weight is 420 g/mol. The molecule has 0 spiro atoms. The van der Waals surface area contributed by atoms with Crippen molar-refractivity contribution in [2.24, 2.45) is 0 Å². The molecule has 0 radical (unpaired) electrons. The molecule has 2 heterocycles. The monoisotopic (exact) mass is 419 g/mol. The van der Waals surface area contributed by atoms with Crippen molar-refractivity contribution in [2.75, 3.05) is 13.1 Å². The van der Waals surface area contributed by atoms with E-state index in [0.29, 0.717) is 23.0 Å². The number of aryl methyl sites for hydroxylation is 1. The molecule has 0 bridgehead atoms. The number of aromatic nitrogens is 2. The van der Waals surface area contributed by atoms with Gasteiger partial charge in [-0.2, -0.15) is 0 Å². The lowest BCUT2D eigenvalue weighted by Crippen LogP contribution is -2.44. The van der Waals surface area contributed by atoms with Gasteiger partial charge in [0.2, 0.25) is 0 Å². The Labute approximate surface area is 170 Å². The van der Waals surface area contributed by atoms with Crippen molar-refractivity contribution in [1.82, 2.24) is 14.9 Å². The van der Waals surface area contributed by atoms with Gasteiger partial charge in [0.25, 0.3) is 0 Å². The molecule has 1 aliphatic heterocycles. The number of carboxylic acids is 2. The number of nitrogens with one attached hydrogen (secondary N) is 1. The van der Waals surface area contributed by atoms with E-state index >= 15 is 0 Å². The molecular formula is C20H19ClFN3O4. The number of hydrogen-bond acceptors (Lipinski definition) is 4. The van der Waals surface area contributed by atoms with Gasteiger partial charge < -0.3 is 15.2 Å². The molecule has 152 valence electrons. The molecule has 3 aromatic rings. The first-order valence-electron chi connectivity index (χ1n) is 8.82. The van der Waals surface area contributed by atoms with E-state index in [4.69, 9.17) is 31.4 Å². The van der Waals surface area contributed by atoms with Crippen LogP contribution in [0.25, 0.3) is 11.0 Å². The number of hydrogen-bond donors (Lipinski definition) is 3. The Bertz CT molecular complexity index is 1030. The van der Waals surface area contributed by atoms with Crippen LogP contribution in [0.5, 0.6) is 0 Å². The van der Waals surface area contributed by atoms with Crippen LogP contribution in [0.2, 0.25) is 5.02 Å². The van der Waals surface area contributed by atoms with Gasteiger partial charge in [-0.3, -0.25) is 4.90 Å². The minimum atomic E-state index is -1.82. The summed E-state index contributed by atoms with van der Waals surface area (Å²) in [4.78, 5) is 28.5. The summed E-state index contributed by atoms with van der Waals surface area (Å²) >= 11 is 6.09. The molecule has 3 N–H and O–H groups in total. The summed E-state index contributed by atoms with van der Waals surface area (Å²) in [6.45, 7) is 4.34. The lowest BCUT2D eigenvalue weighted by Gasteiger charge is -2.38. The van der Waals surface area contributed by atoms with E-state index in [9.17, 15) is 4.39 Å². The lowest BCUT2D eigenvalue weighted by molar-refractivity contribution is -0.159. The van der Waals surface area contributed by atoms with Gasteiger partial charge in [0.05, 0.1) is 11.0 Å². The largest absolute Gasteiger partial charge is 0.473 e. The molecule has 0 atom stereocenters. The Balaban J connectivity index is 0.000000353. The highest BCUT2D eigenvalue weighted by Crippen LogP contribution is 2.30. The molecule has 29 heavy (non-hydrogen) atoms. The van der Waals surface area contributed by atoms with Crippen LogP contribution in [-0.2, 0) is 16.1 Å². The van der Waals surface area contributed by atoms with E-state index in [1.807, 2.05) is 6.07 Å². The van der Waals surface area contributed by atoms with Gasteiger partial charge >= 0.3 is 11.9 Å². The lowest BCUT2D eigenvalue weighted by atomic mass is 9.98. The molecule has 0 unspecified atom stereocenters. The average Bonchev–Trinajstić information content (AvgIpc) is 3.02. The van der Waals surface area contributed by atoms with Crippen LogP contribution in [0, 0.1) is 12.7 Å². The Hall–Kier alpha value is -2.97. The summed E-state index contributed by atoms with van der Waals surface area (Å²) < 4.78 is 13.8. The van der Waals surface area contributed by atoms with Crippen LogP contribution in [0.15, 0.2) is 36.4 Å². The molecule has 1 fully saturated rings. The number of aromatic amines is 1. The highest BCUT2D eigenvalue weighted by molar-refractivity contribution is 6.31. The zero-order valence-electron chi connectivity index (χ0n) is 15.5. The third-order valence-electron chi connectivity index (χ3n) is 4.63. The molecule has 0 saturated carbocycles. The van der Waals surface area contributed by atoms with Crippen molar-refractivity contribution >= 4 is 34.6 Å². The maximum atomic E-state index is 13.8. The van der Waals surface area contributed by atoms with Gasteiger partial charge in [-0.1, -0.05) is 23.7 Å². The maximum Gasteiger partial charge on any atom is 0.414 e. The number of nitrogens with zero attached hydrogens (tertiary/aromatic N) is 2. The second-order valence-corrected chi connectivity index (χ2v) is 7.25. The fourth-order valence-corrected chi connectivity index (χ4v) is 3.34. The zero-order valence-corrected chi connectivity index (χ0v) is 16.3. The Morgan fingerprint density at radius 2 is 1.93 bits per heavy atom. The Morgan fingerprint density at radius 1 is 1.24 bits per heavy atom. The second-order valence-electron chi connectivity index (χ2n) is 6.84. The van der Waals surface area contributed by atoms with Crippen LogP contribution in [0.4, 0.5) is 4.39 Å². The fourth-order valence-electron chi connectivity index (χ4n) is 3.12. The minimum Gasteiger partial charge on any atom is -0.473 e. The Morgan fingerprint density at radius 3 is 2.55 bits per heavy atom. The molecule has 1 aliphatic rings. The van der Waals surface area contributed by atoms with Crippen molar-refractivity contribution in [3.63, 3.8) is 0 Å². The SMILES string of the molecule is Cc1ccc2nc(C3CN(Cc4c(F)cccc4Cl)C3)[nH]c2c1.O=C(O)C(=O)O. The topological polar surface area (TPSA) is 107 Å². The molecule has 1 saturated heterocycles. The molecule has 7 nitrogen and oxygen atoms in total. The van der Waals surface area contributed by atoms with Gasteiger partial charge in [0.1, 0.15) is 11.6 Å². The fraction of sp³-hybridized carbons (Fsp3) is 0.250. The molecule has 0 amide bonds. The molecule has 0 aliphatic carbocycles. The molecule has 1 aromatic heterocycles. The van der Waals surface area contributed by atoms with Gasteiger partial charge in [-0.05, 0) is 36.8 Å². The minimum absolute atomic E-state index is 0.236. The standard InChI is InChI=1S/C18H17ClFN3.C2H2O4/c1-11-5-6-16-17(7-11)22-18(21-16)12-8-23(9-12)10-13-14(19)3-2-4-15(13)20;3-1(4)2(5)6/h2-7,12H,8-10H2,1H3,(H,21,22);(H,3,4)(H,5,6). The van der Waals surface area contributed by atoms with Crippen molar-refractivity contribution in [3.8, 4) is 0 Å². The summed E-state index contributed by atoms with van der Waals surface area (Å²) in [6.07, 6.45) is 0. The number of H-pyrrole nitrogens is 1. The van der Waals surface area contributed by atoms with Crippen LogP contribution in [-0.4, -0.2) is 50.1 Å². The zero-order chi connectivity index (χ0) is 21.1. The van der Waals surface area contributed by atoms with Crippen molar-refractivity contribution in [3.05, 3.63) is 64.2 Å². The van der Waals surface area contributed by atoms with E-state index in [-0.39, 0.29) is 5.82 Å². The predicted molar refractivity (Wildman–Crippen MR) is 106 cm³/mol. The molecule has 2 aromatic carbocycles. The number of aliphatic carboxylic acids is 2. The summed E-state index contributed by atoms with van der Waals surface area (Å²) in [7, 11) is 0. The van der Waals surface area contributed by atoms with Gasteiger partial charge in [-0.15, -0.1) is 0 Å². The first-order valence-corrected chi connectivity index (χ1v) is 9.20. The van der Waals surface area contributed by atoms with Crippen molar-refractivity contribution < 1.29 is 24.2 Å². The van der Waals surface area contributed by atoms with Crippen molar-refractivity contribution in [2.45, 2.75) is 19.4 Å². The number of carboxylic acid groups (broad SMARTS) is 2. The first-order chi connectivity index (χ1) is 13.7. The number of imidazole rings is 1. The van der Waals surface area contributed by atoms with E-state index in [0.717, 1.165) is 29.9 Å². The first kappa shape index (κ1) is 20.8. The summed E-state index contributed by atoms with van der Waals surface area (Å²) in [5.41, 5.74) is 3.88. The molecular weight excluding hydrogens is 401 g/mol. The third kappa shape index (κ3) is 4.90. The van der Waals surface area contributed by atoms with E-state index in [2.05, 4.69) is 33.9 Å². The third-order valence-corrected chi connectivity index (χ3v) is 4.98. The number of carbonyl (C=O) groups is 2. The predicted octanol–water partition coefficient (Wildman–Crippen LogP) is 3.42. The maximum absolute atomic E-state index is 13.8. The van der Waals surface area contributed by atoms with Crippen LogP contribution in [0.1, 0.15) is 22.9 Å². The van der Waals surface area contributed by atoms with E-state index in [1.165, 1.54) is 11.6 Å². The normalized spacial score (nSPS) is 14.2. The van der Waals surface area contributed by atoms with Gasteiger partial charge in [0, 0.05) is 36.1 Å². The second kappa shape index (κ2) is 8.59. The number of benzene rings is 2. The smallest absolute Gasteiger partial charge is 0.414 e. The molecule has 4 rings (SSSR count). The van der Waals surface area contributed by atoms with Gasteiger partial charge in [-0.25, -0.2) is 19.0 Å². The highest BCUT2D eigenvalue weighted by Gasteiger charge is 2.31. The number of likely N-dealkylation sites (tertiary alicyclic amines) is 1. The van der Waals surface area contributed by atoms with E-state index < -0.39 is 11.9 Å². The molecule has 9 heteroatoms. The summed E-state index contributed by atoms with van der Waals surface area (Å²) in [5, 5.41) is 15.3. The Kier molecular flexibility index (Phi) is 6.14. The van der Waals surface area contributed by atoms with Crippen LogP contribution in [0.3, 0.4) is 0 Å². The van der Waals surface area contributed by atoms with E-state index in [1.54, 1.807) is 12.1 Å². The number of fused-ring (bicyclic) bond motifs is 1. The van der Waals surface area contributed by atoms with Crippen LogP contribution >= 0.6 is 11.6 Å². The van der Waals surface area contributed by atoms with Gasteiger partial charge in [0.15, 0.2) is 0 Å². The number of rotatable bonds is 3. The quantitative estimate of drug-likeness (QED) is 0.561. The van der Waals surface area contributed by atoms with Crippen molar-refractivity contribution in [1.29, 1.82) is 0 Å². The number of halogens is 2.